The first-order valence-corrected chi connectivity index (χ1v) is 4.86. The summed E-state index contributed by atoms with van der Waals surface area (Å²) in [7, 11) is 1.20. The van der Waals surface area contributed by atoms with Gasteiger partial charge in [0, 0.05) is 17.7 Å². The number of rotatable bonds is 4. The van der Waals surface area contributed by atoms with Gasteiger partial charge in [-0.1, -0.05) is 11.6 Å². The van der Waals surface area contributed by atoms with Crippen LogP contribution >= 0.6 is 11.6 Å². The number of esters is 1. The molecule has 0 N–H and O–H groups in total. The van der Waals surface area contributed by atoms with Crippen molar-refractivity contribution in [2.24, 2.45) is 0 Å². The average molecular weight is 258 g/mol. The van der Waals surface area contributed by atoms with Gasteiger partial charge < -0.3 is 4.74 Å². The van der Waals surface area contributed by atoms with E-state index in [1.165, 1.54) is 7.11 Å². The maximum absolute atomic E-state index is 11.1. The van der Waals surface area contributed by atoms with Crippen LogP contribution in [-0.4, -0.2) is 24.3 Å². The Labute approximate surface area is 101 Å². The van der Waals surface area contributed by atoms with Crippen LogP contribution in [0.5, 0.6) is 0 Å². The third-order valence-electron chi connectivity index (χ3n) is 2.10. The molecule has 1 rings (SSSR count). The van der Waals surface area contributed by atoms with Gasteiger partial charge in [-0.2, -0.15) is 0 Å². The van der Waals surface area contributed by atoms with Crippen LogP contribution in [0.3, 0.4) is 0 Å². The van der Waals surface area contributed by atoms with Crippen molar-refractivity contribution in [1.82, 2.24) is 0 Å². The third-order valence-corrected chi connectivity index (χ3v) is 2.44. The lowest BCUT2D eigenvalue weighted by atomic mass is 10.0. The van der Waals surface area contributed by atoms with Crippen LogP contribution in [-0.2, 0) is 16.0 Å². The molecule has 0 unspecified atom stereocenters. The first kappa shape index (κ1) is 13.1. The number of methoxy groups -OCH3 is 1. The van der Waals surface area contributed by atoms with E-state index in [2.05, 4.69) is 4.74 Å². The number of benzene rings is 1. The molecule has 0 saturated carbocycles. The molecule has 0 spiro atoms. The number of aldehydes is 1. The lowest BCUT2D eigenvalue weighted by Gasteiger charge is -2.06. The van der Waals surface area contributed by atoms with Crippen molar-refractivity contribution in [2.75, 3.05) is 7.11 Å². The van der Waals surface area contributed by atoms with Gasteiger partial charge in [-0.25, -0.2) is 0 Å². The zero-order chi connectivity index (χ0) is 13.0. The summed E-state index contributed by atoms with van der Waals surface area (Å²) < 4.78 is 4.44. The van der Waals surface area contributed by atoms with Crippen LogP contribution in [0.15, 0.2) is 12.1 Å². The van der Waals surface area contributed by atoms with E-state index in [0.29, 0.717) is 6.29 Å². The van der Waals surface area contributed by atoms with E-state index >= 15 is 0 Å². The molecule has 0 saturated heterocycles. The second-order valence-corrected chi connectivity index (χ2v) is 3.53. The smallest absolute Gasteiger partial charge is 0.310 e. The van der Waals surface area contributed by atoms with Crippen molar-refractivity contribution in [3.63, 3.8) is 0 Å². The van der Waals surface area contributed by atoms with Crippen LogP contribution in [0.2, 0.25) is 5.02 Å². The molecule has 0 aliphatic rings. The Morgan fingerprint density at radius 3 is 2.71 bits per heavy atom. The highest BCUT2D eigenvalue weighted by Gasteiger charge is 2.17. The van der Waals surface area contributed by atoms with Gasteiger partial charge >= 0.3 is 5.97 Å². The molecule has 0 bridgehead atoms. The second kappa shape index (κ2) is 5.40. The molecule has 1 aromatic rings. The fourth-order valence-electron chi connectivity index (χ4n) is 1.26. The molecular formula is C10H8ClNO5. The number of nitro groups is 1. The number of halogens is 1. The Balaban J connectivity index is 3.25. The summed E-state index contributed by atoms with van der Waals surface area (Å²) in [4.78, 5) is 31.8. The Morgan fingerprint density at radius 2 is 2.24 bits per heavy atom. The minimum absolute atomic E-state index is 0.00769. The molecule has 7 heteroatoms. The van der Waals surface area contributed by atoms with Gasteiger partial charge in [-0.3, -0.25) is 19.7 Å². The number of ether oxygens (including phenoxy) is 1. The minimum Gasteiger partial charge on any atom is -0.469 e. The lowest BCUT2D eigenvalue weighted by molar-refractivity contribution is -0.384. The highest BCUT2D eigenvalue weighted by atomic mass is 35.5. The number of carbonyl (C=O) groups excluding carboxylic acids is 2. The van der Waals surface area contributed by atoms with Crippen molar-refractivity contribution >= 4 is 29.5 Å². The predicted molar refractivity (Wildman–Crippen MR) is 59.2 cm³/mol. The molecule has 0 aliphatic carbocycles. The number of nitrogens with zero attached hydrogens (tertiary/aromatic N) is 1. The molecular weight excluding hydrogens is 250 g/mol. The molecule has 0 aliphatic heterocycles. The zero-order valence-corrected chi connectivity index (χ0v) is 9.56. The zero-order valence-electron chi connectivity index (χ0n) is 8.81. The fraction of sp³-hybridized carbons (Fsp3) is 0.200. The largest absolute Gasteiger partial charge is 0.469 e. The SMILES string of the molecule is COC(=O)Cc1c(Cl)cc([N+](=O)[O-])cc1C=O. The van der Waals surface area contributed by atoms with Gasteiger partial charge in [0.05, 0.1) is 23.5 Å². The van der Waals surface area contributed by atoms with Crippen LogP contribution in [0.1, 0.15) is 15.9 Å². The number of hydrogen-bond donors (Lipinski definition) is 0. The molecule has 0 aromatic heterocycles. The molecule has 1 aromatic carbocycles. The van der Waals surface area contributed by atoms with Gasteiger partial charge in [0.2, 0.25) is 0 Å². The van der Waals surface area contributed by atoms with E-state index in [-0.39, 0.29) is 28.3 Å². The third kappa shape index (κ3) is 3.01. The number of nitro benzene ring substituents is 1. The van der Waals surface area contributed by atoms with Crippen LogP contribution < -0.4 is 0 Å². The quantitative estimate of drug-likeness (QED) is 0.355. The Morgan fingerprint density at radius 1 is 1.59 bits per heavy atom. The van der Waals surface area contributed by atoms with Gasteiger partial charge in [-0.15, -0.1) is 0 Å². The van der Waals surface area contributed by atoms with Crippen molar-refractivity contribution in [1.29, 1.82) is 0 Å². The summed E-state index contributed by atoms with van der Waals surface area (Å²) in [6.45, 7) is 0. The molecule has 0 fully saturated rings. The summed E-state index contributed by atoms with van der Waals surface area (Å²) >= 11 is 5.79. The van der Waals surface area contributed by atoms with E-state index in [1.807, 2.05) is 0 Å². The molecule has 0 radical (unpaired) electrons. The monoisotopic (exact) mass is 257 g/mol. The first-order valence-electron chi connectivity index (χ1n) is 4.48. The molecule has 0 atom stereocenters. The van der Waals surface area contributed by atoms with Crippen molar-refractivity contribution in [2.45, 2.75) is 6.42 Å². The van der Waals surface area contributed by atoms with E-state index in [4.69, 9.17) is 11.6 Å². The molecule has 0 amide bonds. The topological polar surface area (TPSA) is 86.5 Å². The van der Waals surface area contributed by atoms with Gasteiger partial charge in [0.15, 0.2) is 6.29 Å². The van der Waals surface area contributed by atoms with Gasteiger partial charge in [0.1, 0.15) is 0 Å². The van der Waals surface area contributed by atoms with E-state index < -0.39 is 10.9 Å². The summed E-state index contributed by atoms with van der Waals surface area (Å²) in [6.07, 6.45) is 0.207. The van der Waals surface area contributed by atoms with E-state index in [9.17, 15) is 19.7 Å². The Bertz CT molecular complexity index is 486. The normalized spacial score (nSPS) is 9.76. The maximum Gasteiger partial charge on any atom is 0.310 e. The average Bonchev–Trinajstić information content (AvgIpc) is 2.30. The number of hydrogen-bond acceptors (Lipinski definition) is 5. The van der Waals surface area contributed by atoms with Crippen molar-refractivity contribution in [3.8, 4) is 0 Å². The highest BCUT2D eigenvalue weighted by Crippen LogP contribution is 2.26. The predicted octanol–water partition coefficient (Wildman–Crippen LogP) is 1.78. The van der Waals surface area contributed by atoms with Crippen LogP contribution in [0.4, 0.5) is 5.69 Å². The van der Waals surface area contributed by atoms with Gasteiger partial charge in [0.25, 0.3) is 5.69 Å². The minimum atomic E-state index is -0.666. The molecule has 90 valence electrons. The summed E-state index contributed by atoms with van der Waals surface area (Å²) in [5.41, 5.74) is -0.0700. The summed E-state index contributed by atoms with van der Waals surface area (Å²) in [5.74, 6) is -0.580. The molecule has 6 nitrogen and oxygen atoms in total. The van der Waals surface area contributed by atoms with Crippen molar-refractivity contribution in [3.05, 3.63) is 38.4 Å². The summed E-state index contributed by atoms with van der Waals surface area (Å²) in [5, 5.41) is 10.5. The second-order valence-electron chi connectivity index (χ2n) is 3.12. The van der Waals surface area contributed by atoms with E-state index in [1.54, 1.807) is 0 Å². The number of carbonyl (C=O) groups is 2. The van der Waals surface area contributed by atoms with Crippen LogP contribution in [0.25, 0.3) is 0 Å². The van der Waals surface area contributed by atoms with Gasteiger partial charge in [-0.05, 0) is 5.56 Å². The Hall–Kier alpha value is -1.95. The van der Waals surface area contributed by atoms with Crippen molar-refractivity contribution < 1.29 is 19.2 Å². The highest BCUT2D eigenvalue weighted by molar-refractivity contribution is 6.32. The first-order chi connectivity index (χ1) is 7.99. The lowest BCUT2D eigenvalue weighted by Crippen LogP contribution is -2.08. The number of non-ortho nitro benzene ring substituents is 1. The maximum atomic E-state index is 11.1. The molecule has 0 heterocycles. The fourth-order valence-corrected chi connectivity index (χ4v) is 1.54. The standard InChI is InChI=1S/C10H8ClNO5/c1-17-10(14)4-8-6(5-13)2-7(12(15)16)3-9(8)11/h2-3,5H,4H2,1H3. The van der Waals surface area contributed by atoms with E-state index in [0.717, 1.165) is 12.1 Å². The molecule has 17 heavy (non-hydrogen) atoms. The Kier molecular flexibility index (Phi) is 4.17. The van der Waals surface area contributed by atoms with Crippen LogP contribution in [0, 0.1) is 10.1 Å². The summed E-state index contributed by atoms with van der Waals surface area (Å²) in [6, 6.07) is 2.16.